The summed E-state index contributed by atoms with van der Waals surface area (Å²) in [7, 11) is 0. The van der Waals surface area contributed by atoms with Gasteiger partial charge in [0.15, 0.2) is 5.12 Å². The average molecular weight is 237 g/mol. The van der Waals surface area contributed by atoms with Gasteiger partial charge in [0.1, 0.15) is 6.04 Å². The largest absolute Gasteiger partial charge is 0.480 e. The van der Waals surface area contributed by atoms with Gasteiger partial charge in [-0.05, 0) is 0 Å². The molecule has 5 nitrogen and oxygen atoms in total. The lowest BCUT2D eigenvalue weighted by molar-refractivity contribution is -0.141. The van der Waals surface area contributed by atoms with Crippen molar-refractivity contribution in [1.82, 2.24) is 5.32 Å². The van der Waals surface area contributed by atoms with Gasteiger partial charge in [-0.15, -0.1) is 0 Å². The first kappa shape index (κ1) is 13.3. The van der Waals surface area contributed by atoms with Crippen molar-refractivity contribution in [1.29, 1.82) is 0 Å². The molecule has 0 aliphatic rings. The predicted molar refractivity (Wildman–Crippen MR) is 56.3 cm³/mol. The van der Waals surface area contributed by atoms with Gasteiger partial charge in [0.2, 0.25) is 5.91 Å². The summed E-state index contributed by atoms with van der Waals surface area (Å²) in [5, 5.41) is 10.7. The Morgan fingerprint density at radius 2 is 1.86 bits per heavy atom. The second kappa shape index (κ2) is 5.92. The van der Waals surface area contributed by atoms with E-state index in [1.807, 2.05) is 0 Å². The number of carboxylic acids is 1. The molecule has 0 saturated carbocycles. The molecule has 2 atom stereocenters. The minimum Gasteiger partial charge on any atom is -0.480 e. The van der Waals surface area contributed by atoms with Gasteiger partial charge in [-0.25, -0.2) is 4.79 Å². The lowest BCUT2D eigenvalue weighted by Gasteiger charge is -2.18. The molecule has 0 aromatic heterocycles. The van der Waals surface area contributed by atoms with Crippen molar-refractivity contribution in [3.05, 3.63) is 0 Å². The molecule has 0 spiro atoms. The molecule has 14 heavy (non-hydrogen) atoms. The molecule has 0 heterocycles. The Bertz CT molecular complexity index is 256. The fraction of sp³-hybridized carbons (Fsp3) is 0.571. The fourth-order valence-electron chi connectivity index (χ4n) is 0.712. The lowest BCUT2D eigenvalue weighted by Crippen LogP contribution is -2.45. The Labute approximate surface area is 91.0 Å². The third kappa shape index (κ3) is 5.13. The van der Waals surface area contributed by atoms with E-state index in [9.17, 15) is 14.4 Å². The predicted octanol–water partition coefficient (Wildman–Crippen LogP) is 0.111. The molecule has 1 amide bonds. The molecule has 0 bridgehead atoms. The summed E-state index contributed by atoms with van der Waals surface area (Å²) in [5.41, 5.74) is 0. The van der Waals surface area contributed by atoms with Crippen LogP contribution in [0.1, 0.15) is 13.8 Å². The molecule has 2 N–H and O–H groups in total. The molecule has 80 valence electrons. The van der Waals surface area contributed by atoms with Gasteiger partial charge in [0.05, 0.1) is 4.58 Å². The summed E-state index contributed by atoms with van der Waals surface area (Å²) in [6.45, 7) is 2.51. The van der Waals surface area contributed by atoms with E-state index in [0.29, 0.717) is 0 Å². The van der Waals surface area contributed by atoms with Crippen LogP contribution >= 0.6 is 24.4 Å². The van der Waals surface area contributed by atoms with Crippen LogP contribution in [-0.2, 0) is 14.4 Å². The number of hydrogen-bond acceptors (Lipinski definition) is 5. The molecular formula is C7H11NO4S2. The Morgan fingerprint density at radius 3 is 2.14 bits per heavy atom. The van der Waals surface area contributed by atoms with Gasteiger partial charge in [0, 0.05) is 13.8 Å². The van der Waals surface area contributed by atoms with Gasteiger partial charge in [0.25, 0.3) is 0 Å². The summed E-state index contributed by atoms with van der Waals surface area (Å²) in [6, 6.07) is -1.16. The van der Waals surface area contributed by atoms with Crippen molar-refractivity contribution in [2.24, 2.45) is 0 Å². The van der Waals surface area contributed by atoms with Crippen LogP contribution in [-0.4, -0.2) is 32.7 Å². The van der Waals surface area contributed by atoms with E-state index in [2.05, 4.69) is 17.9 Å². The number of carbonyl (C=O) groups excluding carboxylic acids is 2. The van der Waals surface area contributed by atoms with Crippen molar-refractivity contribution in [2.45, 2.75) is 24.5 Å². The zero-order valence-corrected chi connectivity index (χ0v) is 9.39. The smallest absolute Gasteiger partial charge is 0.328 e. The van der Waals surface area contributed by atoms with E-state index in [4.69, 9.17) is 5.11 Å². The van der Waals surface area contributed by atoms with Gasteiger partial charge in [-0.3, -0.25) is 9.59 Å². The molecule has 0 aromatic rings. The maximum absolute atomic E-state index is 10.7. The number of thiol groups is 1. The van der Waals surface area contributed by atoms with Crippen LogP contribution in [0.2, 0.25) is 0 Å². The number of aliphatic carboxylic acids is 1. The number of rotatable bonds is 4. The number of nitrogens with one attached hydrogen (secondary N) is 1. The van der Waals surface area contributed by atoms with E-state index in [-0.39, 0.29) is 5.12 Å². The Kier molecular flexibility index (Phi) is 5.63. The normalized spacial score (nSPS) is 14.2. The first-order chi connectivity index (χ1) is 6.34. The standard InChI is InChI=1S/C7H11NO4S2/c1-3(9)8-5(6(11)12)7(13)14-4(2)10/h5,7,13H,1-2H3,(H,8,9)(H,11,12). The quantitative estimate of drug-likeness (QED) is 0.477. The van der Waals surface area contributed by atoms with E-state index in [0.717, 1.165) is 11.8 Å². The summed E-state index contributed by atoms with van der Waals surface area (Å²) in [5.74, 6) is -1.69. The minimum atomic E-state index is -1.21. The molecule has 0 rings (SSSR count). The fourth-order valence-corrected chi connectivity index (χ4v) is 2.02. The van der Waals surface area contributed by atoms with Crippen LogP contribution in [0.4, 0.5) is 0 Å². The van der Waals surface area contributed by atoms with E-state index in [1.54, 1.807) is 0 Å². The van der Waals surface area contributed by atoms with Crippen LogP contribution in [0.5, 0.6) is 0 Å². The van der Waals surface area contributed by atoms with E-state index < -0.39 is 22.5 Å². The molecule has 0 radical (unpaired) electrons. The minimum absolute atomic E-state index is 0.249. The molecule has 0 aromatic carbocycles. The highest BCUT2D eigenvalue weighted by molar-refractivity contribution is 8.21. The average Bonchev–Trinajstić information content (AvgIpc) is 1.97. The Hall–Kier alpha value is -0.690. The molecular weight excluding hydrogens is 226 g/mol. The van der Waals surface area contributed by atoms with Crippen molar-refractivity contribution in [3.63, 3.8) is 0 Å². The SMILES string of the molecule is CC(=O)NC(C(=O)O)C(S)SC(C)=O. The zero-order valence-electron chi connectivity index (χ0n) is 7.68. The van der Waals surface area contributed by atoms with Crippen LogP contribution in [0.3, 0.4) is 0 Å². The van der Waals surface area contributed by atoms with E-state index >= 15 is 0 Å². The second-order valence-corrected chi connectivity index (χ2v) is 4.74. The van der Waals surface area contributed by atoms with Crippen molar-refractivity contribution < 1.29 is 19.5 Å². The van der Waals surface area contributed by atoms with E-state index in [1.165, 1.54) is 13.8 Å². The molecule has 7 heteroatoms. The van der Waals surface area contributed by atoms with Crippen LogP contribution < -0.4 is 5.32 Å². The van der Waals surface area contributed by atoms with Gasteiger partial charge < -0.3 is 10.4 Å². The zero-order chi connectivity index (χ0) is 11.3. The molecule has 0 aliphatic heterocycles. The highest BCUT2D eigenvalue weighted by Gasteiger charge is 2.27. The third-order valence-corrected chi connectivity index (χ3v) is 2.66. The summed E-state index contributed by atoms with van der Waals surface area (Å²) in [6.07, 6.45) is 0. The highest BCUT2D eigenvalue weighted by Crippen LogP contribution is 2.19. The summed E-state index contributed by atoms with van der Waals surface area (Å²) < 4.78 is -0.783. The molecule has 2 unspecified atom stereocenters. The first-order valence-corrected chi connectivity index (χ1v) is 5.09. The number of carboxylic acid groups (broad SMARTS) is 1. The Morgan fingerprint density at radius 1 is 1.36 bits per heavy atom. The summed E-state index contributed by atoms with van der Waals surface area (Å²) >= 11 is 4.69. The van der Waals surface area contributed by atoms with Gasteiger partial charge in [-0.2, -0.15) is 12.6 Å². The van der Waals surface area contributed by atoms with Crippen molar-refractivity contribution in [2.75, 3.05) is 0 Å². The Balaban J connectivity index is 4.40. The highest BCUT2D eigenvalue weighted by atomic mass is 32.2. The molecule has 0 fully saturated rings. The van der Waals surface area contributed by atoms with Crippen LogP contribution in [0, 0.1) is 0 Å². The van der Waals surface area contributed by atoms with Gasteiger partial charge in [-0.1, -0.05) is 11.8 Å². The maximum atomic E-state index is 10.7. The van der Waals surface area contributed by atoms with Crippen LogP contribution in [0.15, 0.2) is 0 Å². The summed E-state index contributed by atoms with van der Waals surface area (Å²) in [4.78, 5) is 32.0. The van der Waals surface area contributed by atoms with Gasteiger partial charge >= 0.3 is 5.97 Å². The topological polar surface area (TPSA) is 83.5 Å². The van der Waals surface area contributed by atoms with Crippen molar-refractivity contribution >= 4 is 41.4 Å². The lowest BCUT2D eigenvalue weighted by atomic mass is 10.3. The monoisotopic (exact) mass is 237 g/mol. The number of amides is 1. The number of carbonyl (C=O) groups is 3. The van der Waals surface area contributed by atoms with Crippen LogP contribution in [0.25, 0.3) is 0 Å². The molecule has 0 aliphatic carbocycles. The second-order valence-electron chi connectivity index (χ2n) is 2.52. The first-order valence-electron chi connectivity index (χ1n) is 3.69. The van der Waals surface area contributed by atoms with Crippen molar-refractivity contribution in [3.8, 4) is 0 Å². The number of thioether (sulfide) groups is 1. The third-order valence-electron chi connectivity index (χ3n) is 1.20. The maximum Gasteiger partial charge on any atom is 0.328 e. The molecule has 0 saturated heterocycles. The number of hydrogen-bond donors (Lipinski definition) is 3.